The molecule has 0 aliphatic carbocycles. The molecule has 2 amide bonds. The van der Waals surface area contributed by atoms with Crippen LogP contribution < -0.4 is 20.3 Å². The van der Waals surface area contributed by atoms with Crippen LogP contribution in [0.3, 0.4) is 0 Å². The maximum Gasteiger partial charge on any atom is 0.265 e. The van der Waals surface area contributed by atoms with Crippen LogP contribution in [0.15, 0.2) is 42.5 Å². The van der Waals surface area contributed by atoms with Crippen molar-refractivity contribution in [2.24, 2.45) is 0 Å². The van der Waals surface area contributed by atoms with E-state index >= 15 is 0 Å². The zero-order valence-corrected chi connectivity index (χ0v) is 17.5. The molecule has 2 heterocycles. The van der Waals surface area contributed by atoms with Gasteiger partial charge in [0.25, 0.3) is 5.91 Å². The van der Waals surface area contributed by atoms with E-state index in [2.05, 4.69) is 38.6 Å². The van der Waals surface area contributed by atoms with Crippen LogP contribution in [0.1, 0.15) is 25.8 Å². The largest absolute Gasteiger partial charge is 0.479 e. The summed E-state index contributed by atoms with van der Waals surface area (Å²) in [5, 5.41) is 5.80. The van der Waals surface area contributed by atoms with Crippen LogP contribution in [0.4, 0.5) is 17.1 Å². The molecule has 4 rings (SSSR count). The predicted octanol–water partition coefficient (Wildman–Crippen LogP) is 3.08. The van der Waals surface area contributed by atoms with Gasteiger partial charge in [0.05, 0.1) is 5.69 Å². The number of carbonyl (C=O) groups excluding carboxylic acids is 2. The van der Waals surface area contributed by atoms with Gasteiger partial charge in [0, 0.05) is 50.5 Å². The fraction of sp³-hybridized carbons (Fsp3) is 0.391. The van der Waals surface area contributed by atoms with Crippen molar-refractivity contribution in [2.45, 2.75) is 32.9 Å². The lowest BCUT2D eigenvalue weighted by molar-refractivity contribution is -0.122. The Balaban J connectivity index is 1.31. The molecule has 1 fully saturated rings. The van der Waals surface area contributed by atoms with E-state index in [-0.39, 0.29) is 11.8 Å². The van der Waals surface area contributed by atoms with E-state index in [4.69, 9.17) is 4.74 Å². The van der Waals surface area contributed by atoms with E-state index in [1.807, 2.05) is 31.2 Å². The molecule has 2 aliphatic heterocycles. The molecular formula is C23H28N4O3. The zero-order valence-electron chi connectivity index (χ0n) is 17.5. The van der Waals surface area contributed by atoms with E-state index < -0.39 is 6.10 Å². The van der Waals surface area contributed by atoms with Gasteiger partial charge in [-0.2, -0.15) is 0 Å². The summed E-state index contributed by atoms with van der Waals surface area (Å²) in [5.41, 5.74) is 3.93. The molecule has 0 spiro atoms. The van der Waals surface area contributed by atoms with Crippen molar-refractivity contribution >= 4 is 28.9 Å². The summed E-state index contributed by atoms with van der Waals surface area (Å²) in [6, 6.07) is 14.1. The van der Waals surface area contributed by atoms with Crippen LogP contribution in [0.2, 0.25) is 0 Å². The van der Waals surface area contributed by atoms with Crippen molar-refractivity contribution in [1.82, 2.24) is 4.90 Å². The molecule has 1 atom stereocenters. The van der Waals surface area contributed by atoms with Gasteiger partial charge in [-0.1, -0.05) is 13.0 Å². The molecule has 1 unspecified atom stereocenters. The van der Waals surface area contributed by atoms with Gasteiger partial charge in [0.2, 0.25) is 5.91 Å². The highest BCUT2D eigenvalue weighted by atomic mass is 16.5. The first-order valence-electron chi connectivity index (χ1n) is 10.5. The Labute approximate surface area is 177 Å². The van der Waals surface area contributed by atoms with E-state index in [0.29, 0.717) is 6.42 Å². The Kier molecular flexibility index (Phi) is 5.90. The fourth-order valence-electron chi connectivity index (χ4n) is 3.78. The topological polar surface area (TPSA) is 73.9 Å². The smallest absolute Gasteiger partial charge is 0.265 e. The first-order chi connectivity index (χ1) is 14.5. The number of amides is 2. The normalized spacial score (nSPS) is 18.9. The number of nitrogens with one attached hydrogen (secondary N) is 2. The predicted molar refractivity (Wildman–Crippen MR) is 118 cm³/mol. The van der Waals surface area contributed by atoms with Gasteiger partial charge < -0.3 is 20.3 Å². The highest BCUT2D eigenvalue weighted by molar-refractivity contribution is 5.97. The van der Waals surface area contributed by atoms with E-state index in [1.54, 1.807) is 6.92 Å². The van der Waals surface area contributed by atoms with Crippen molar-refractivity contribution in [1.29, 1.82) is 0 Å². The van der Waals surface area contributed by atoms with Gasteiger partial charge in [-0.3, -0.25) is 14.5 Å². The lowest BCUT2D eigenvalue weighted by Gasteiger charge is -2.36. The van der Waals surface area contributed by atoms with Crippen molar-refractivity contribution in [3.05, 3.63) is 48.0 Å². The minimum atomic E-state index is -0.451. The Morgan fingerprint density at radius 3 is 2.57 bits per heavy atom. The summed E-state index contributed by atoms with van der Waals surface area (Å²) in [4.78, 5) is 28.1. The van der Waals surface area contributed by atoms with Crippen LogP contribution in [0.25, 0.3) is 0 Å². The number of hydrogen-bond donors (Lipinski definition) is 2. The Morgan fingerprint density at radius 1 is 1.13 bits per heavy atom. The number of rotatable bonds is 5. The third kappa shape index (κ3) is 4.57. The van der Waals surface area contributed by atoms with Gasteiger partial charge in [-0.25, -0.2) is 0 Å². The van der Waals surface area contributed by atoms with Crippen molar-refractivity contribution in [3.63, 3.8) is 0 Å². The standard InChI is InChI=1S/C23H28N4O3/c1-3-22(28)24-18-5-7-19(8-6-18)27-12-10-26(11-13-27)15-17-4-9-21-20(14-17)25-23(29)16(2)30-21/h4-9,14,16H,3,10-13,15H2,1-2H3,(H,24,28)(H,25,29). The second kappa shape index (κ2) is 8.75. The molecular weight excluding hydrogens is 380 g/mol. The van der Waals surface area contributed by atoms with Gasteiger partial charge in [-0.15, -0.1) is 0 Å². The number of benzene rings is 2. The van der Waals surface area contributed by atoms with Crippen LogP contribution in [-0.4, -0.2) is 49.0 Å². The van der Waals surface area contributed by atoms with Gasteiger partial charge in [-0.05, 0) is 48.9 Å². The second-order valence-corrected chi connectivity index (χ2v) is 7.79. The summed E-state index contributed by atoms with van der Waals surface area (Å²) < 4.78 is 5.63. The molecule has 7 heteroatoms. The summed E-state index contributed by atoms with van der Waals surface area (Å²) >= 11 is 0. The third-order valence-electron chi connectivity index (χ3n) is 5.59. The summed E-state index contributed by atoms with van der Waals surface area (Å²) in [5.74, 6) is 0.655. The van der Waals surface area contributed by atoms with E-state index in [0.717, 1.165) is 55.4 Å². The van der Waals surface area contributed by atoms with E-state index in [9.17, 15) is 9.59 Å². The molecule has 2 aromatic carbocycles. The maximum atomic E-state index is 11.8. The number of hydrogen-bond acceptors (Lipinski definition) is 5. The highest BCUT2D eigenvalue weighted by Gasteiger charge is 2.24. The second-order valence-electron chi connectivity index (χ2n) is 7.79. The Bertz CT molecular complexity index is 921. The number of ether oxygens (including phenoxy) is 1. The molecule has 0 saturated carbocycles. The van der Waals surface area contributed by atoms with Gasteiger partial charge in [0.15, 0.2) is 6.10 Å². The monoisotopic (exact) mass is 408 g/mol. The molecule has 2 aromatic rings. The zero-order chi connectivity index (χ0) is 21.1. The summed E-state index contributed by atoms with van der Waals surface area (Å²) in [7, 11) is 0. The van der Waals surface area contributed by atoms with Gasteiger partial charge >= 0.3 is 0 Å². The van der Waals surface area contributed by atoms with Crippen LogP contribution in [0, 0.1) is 0 Å². The lowest BCUT2D eigenvalue weighted by Crippen LogP contribution is -2.46. The van der Waals surface area contributed by atoms with Crippen molar-refractivity contribution in [2.75, 3.05) is 41.7 Å². The summed E-state index contributed by atoms with van der Waals surface area (Å²) in [6.07, 6.45) is 0.0281. The molecule has 2 aliphatic rings. The maximum absolute atomic E-state index is 11.8. The van der Waals surface area contributed by atoms with Gasteiger partial charge in [0.1, 0.15) is 5.75 Å². The van der Waals surface area contributed by atoms with Crippen LogP contribution in [0.5, 0.6) is 5.75 Å². The highest BCUT2D eigenvalue weighted by Crippen LogP contribution is 2.31. The number of anilines is 3. The molecule has 2 N–H and O–H groups in total. The van der Waals surface area contributed by atoms with Crippen LogP contribution in [-0.2, 0) is 16.1 Å². The average molecular weight is 409 g/mol. The number of fused-ring (bicyclic) bond motifs is 1. The molecule has 0 aromatic heterocycles. The Morgan fingerprint density at radius 2 is 1.87 bits per heavy atom. The lowest BCUT2D eigenvalue weighted by atomic mass is 10.1. The first kappa shape index (κ1) is 20.2. The number of nitrogens with zero attached hydrogens (tertiary/aromatic N) is 2. The Hall–Kier alpha value is -3.06. The van der Waals surface area contributed by atoms with Crippen molar-refractivity contribution < 1.29 is 14.3 Å². The minimum Gasteiger partial charge on any atom is -0.479 e. The summed E-state index contributed by atoms with van der Waals surface area (Å²) in [6.45, 7) is 8.26. The molecule has 30 heavy (non-hydrogen) atoms. The molecule has 158 valence electrons. The first-order valence-corrected chi connectivity index (χ1v) is 10.5. The molecule has 0 radical (unpaired) electrons. The molecule has 0 bridgehead atoms. The molecule has 1 saturated heterocycles. The van der Waals surface area contributed by atoms with E-state index in [1.165, 1.54) is 5.69 Å². The molecule has 7 nitrogen and oxygen atoms in total. The minimum absolute atomic E-state index is 0.0270. The number of carbonyl (C=O) groups is 2. The quantitative estimate of drug-likeness (QED) is 0.795. The SMILES string of the molecule is CCC(=O)Nc1ccc(N2CCN(Cc3ccc4c(c3)NC(=O)C(C)O4)CC2)cc1. The third-order valence-corrected chi connectivity index (χ3v) is 5.59. The van der Waals surface area contributed by atoms with Crippen molar-refractivity contribution in [3.8, 4) is 5.75 Å². The fourth-order valence-corrected chi connectivity index (χ4v) is 3.78. The number of piperazine rings is 1. The average Bonchev–Trinajstić information content (AvgIpc) is 2.76. The van der Waals surface area contributed by atoms with Crippen LogP contribution >= 0.6 is 0 Å².